The van der Waals surface area contributed by atoms with Crippen molar-refractivity contribution in [1.82, 2.24) is 14.5 Å². The molecule has 158 valence electrons. The molecule has 31 heavy (non-hydrogen) atoms. The van der Waals surface area contributed by atoms with Crippen molar-refractivity contribution in [2.24, 2.45) is 0 Å². The molecule has 0 aliphatic heterocycles. The van der Waals surface area contributed by atoms with Crippen LogP contribution in [-0.2, 0) is 6.54 Å². The van der Waals surface area contributed by atoms with E-state index in [1.165, 1.54) is 18.2 Å². The number of aryl methyl sites for hydroxylation is 1. The second-order valence-electron chi connectivity index (χ2n) is 6.97. The lowest BCUT2D eigenvalue weighted by molar-refractivity contribution is 0.475. The number of aromatic hydroxyl groups is 1. The van der Waals surface area contributed by atoms with Gasteiger partial charge in [-0.15, -0.1) is 0 Å². The third kappa shape index (κ3) is 4.98. The van der Waals surface area contributed by atoms with Crippen LogP contribution < -0.4 is 5.32 Å². The number of hydrogen-bond donors (Lipinski definition) is 2. The highest BCUT2D eigenvalue weighted by molar-refractivity contribution is 6.39. The molecule has 0 aliphatic carbocycles. The normalized spacial score (nSPS) is 10.9. The van der Waals surface area contributed by atoms with Crippen LogP contribution in [0.2, 0.25) is 10.0 Å². The Labute approximate surface area is 189 Å². The number of rotatable bonds is 7. The van der Waals surface area contributed by atoms with Crippen molar-refractivity contribution in [3.05, 3.63) is 83.1 Å². The van der Waals surface area contributed by atoms with E-state index in [0.717, 1.165) is 13.0 Å². The fourth-order valence-electron chi connectivity index (χ4n) is 3.29. The van der Waals surface area contributed by atoms with Gasteiger partial charge in [0.15, 0.2) is 0 Å². The summed E-state index contributed by atoms with van der Waals surface area (Å²) in [5.74, 6) is 0.0331. The highest BCUT2D eigenvalue weighted by Gasteiger charge is 2.15. The summed E-state index contributed by atoms with van der Waals surface area (Å²) in [6.45, 7) is 1.46. The first kappa shape index (κ1) is 21.2. The Bertz CT molecular complexity index is 1180. The summed E-state index contributed by atoms with van der Waals surface area (Å²) in [6, 6.07) is 12.6. The molecule has 0 saturated carbocycles. The van der Waals surface area contributed by atoms with Gasteiger partial charge in [-0.1, -0.05) is 29.3 Å². The molecule has 0 aliphatic rings. The fraction of sp³-hybridized carbons (Fsp3) is 0.130. The molecule has 8 heteroatoms. The molecular weight excluding hydrogens is 438 g/mol. The molecule has 2 N–H and O–H groups in total. The van der Waals surface area contributed by atoms with Crippen molar-refractivity contribution >= 4 is 29.0 Å². The molecule has 0 amide bonds. The first-order chi connectivity index (χ1) is 15.0. The second kappa shape index (κ2) is 9.37. The van der Waals surface area contributed by atoms with Gasteiger partial charge in [-0.05, 0) is 54.4 Å². The van der Waals surface area contributed by atoms with Crippen LogP contribution >= 0.6 is 23.2 Å². The summed E-state index contributed by atoms with van der Waals surface area (Å²) in [5, 5.41) is 14.5. The molecule has 0 spiro atoms. The predicted octanol–water partition coefficient (Wildman–Crippen LogP) is 6.27. The van der Waals surface area contributed by atoms with Crippen LogP contribution in [0.5, 0.6) is 5.75 Å². The van der Waals surface area contributed by atoms with E-state index in [1.54, 1.807) is 36.8 Å². The van der Waals surface area contributed by atoms with Crippen molar-refractivity contribution in [1.29, 1.82) is 0 Å². The van der Waals surface area contributed by atoms with Crippen molar-refractivity contribution in [2.75, 3.05) is 11.9 Å². The minimum atomic E-state index is -0.467. The number of pyridine rings is 1. The maximum Gasteiger partial charge on any atom is 0.127 e. The van der Waals surface area contributed by atoms with E-state index >= 15 is 0 Å². The van der Waals surface area contributed by atoms with Gasteiger partial charge in [0.1, 0.15) is 17.4 Å². The van der Waals surface area contributed by atoms with E-state index in [2.05, 4.69) is 15.3 Å². The molecule has 2 heterocycles. The van der Waals surface area contributed by atoms with Crippen LogP contribution in [0.15, 0.2) is 67.3 Å². The van der Waals surface area contributed by atoms with Gasteiger partial charge >= 0.3 is 0 Å². The third-order valence-corrected chi connectivity index (χ3v) is 5.40. The molecule has 0 bridgehead atoms. The van der Waals surface area contributed by atoms with E-state index in [1.807, 2.05) is 16.8 Å². The number of anilines is 1. The molecular formula is C23H19Cl2FN4O. The number of phenols is 1. The number of nitrogens with one attached hydrogen (secondary N) is 1. The molecule has 5 nitrogen and oxygen atoms in total. The quantitative estimate of drug-likeness (QED) is 0.322. The molecule has 0 radical (unpaired) electrons. The zero-order chi connectivity index (χ0) is 21.8. The van der Waals surface area contributed by atoms with Gasteiger partial charge in [0.25, 0.3) is 0 Å². The van der Waals surface area contributed by atoms with Crippen LogP contribution in [0.3, 0.4) is 0 Å². The first-order valence-corrected chi connectivity index (χ1v) is 10.4. The average Bonchev–Trinajstić information content (AvgIpc) is 3.26. The van der Waals surface area contributed by atoms with Gasteiger partial charge in [0, 0.05) is 46.7 Å². The largest absolute Gasteiger partial charge is 0.507 e. The van der Waals surface area contributed by atoms with Crippen LogP contribution in [0.25, 0.3) is 22.4 Å². The van der Waals surface area contributed by atoms with E-state index in [4.69, 9.17) is 23.2 Å². The summed E-state index contributed by atoms with van der Waals surface area (Å²) in [6.07, 6.45) is 6.26. The smallest absolute Gasteiger partial charge is 0.127 e. The van der Waals surface area contributed by atoms with Crippen molar-refractivity contribution < 1.29 is 9.50 Å². The van der Waals surface area contributed by atoms with Gasteiger partial charge in [-0.2, -0.15) is 0 Å². The number of nitrogens with zero attached hydrogens (tertiary/aromatic N) is 3. The lowest BCUT2D eigenvalue weighted by atomic mass is 10.0. The van der Waals surface area contributed by atoms with Gasteiger partial charge in [0.2, 0.25) is 0 Å². The molecule has 2 aromatic carbocycles. The minimum absolute atomic E-state index is 0.0673. The molecule has 0 fully saturated rings. The zero-order valence-electron chi connectivity index (χ0n) is 16.4. The molecule has 0 saturated heterocycles. The SMILES string of the molecule is Oc1ccc(F)cc1-c1cc(-c2c(Cl)cccc2Cl)cc(NCCCn2ccnc2)n1. The predicted molar refractivity (Wildman–Crippen MR) is 122 cm³/mol. The number of aromatic nitrogens is 3. The topological polar surface area (TPSA) is 63.0 Å². The van der Waals surface area contributed by atoms with Crippen LogP contribution in [0, 0.1) is 5.82 Å². The Balaban J connectivity index is 1.69. The Morgan fingerprint density at radius 3 is 2.61 bits per heavy atom. The summed E-state index contributed by atoms with van der Waals surface area (Å²) < 4.78 is 15.9. The fourth-order valence-corrected chi connectivity index (χ4v) is 3.90. The number of hydrogen-bond acceptors (Lipinski definition) is 4. The standard InChI is InChI=1S/C23H19Cl2FN4O/c24-18-3-1-4-19(25)23(18)15-11-20(17-13-16(26)5-6-21(17)31)29-22(12-15)28-7-2-9-30-10-8-27-14-30/h1,3-6,8,10-14,31H,2,7,9H2,(H,28,29). The summed E-state index contributed by atoms with van der Waals surface area (Å²) in [4.78, 5) is 8.61. The van der Waals surface area contributed by atoms with Gasteiger partial charge < -0.3 is 15.0 Å². The lowest BCUT2D eigenvalue weighted by Crippen LogP contribution is -2.07. The Hall–Kier alpha value is -3.09. The second-order valence-corrected chi connectivity index (χ2v) is 7.78. The number of halogens is 3. The van der Waals surface area contributed by atoms with Gasteiger partial charge in [-0.3, -0.25) is 0 Å². The Morgan fingerprint density at radius 2 is 1.87 bits per heavy atom. The number of benzene rings is 2. The minimum Gasteiger partial charge on any atom is -0.507 e. The first-order valence-electron chi connectivity index (χ1n) is 9.66. The average molecular weight is 457 g/mol. The van der Waals surface area contributed by atoms with Crippen LogP contribution in [0.4, 0.5) is 10.2 Å². The van der Waals surface area contributed by atoms with Gasteiger partial charge in [-0.25, -0.2) is 14.4 Å². The maximum absolute atomic E-state index is 13.9. The van der Waals surface area contributed by atoms with Crippen LogP contribution in [-0.4, -0.2) is 26.2 Å². The number of imidazole rings is 1. The summed E-state index contributed by atoms with van der Waals surface area (Å²) in [7, 11) is 0. The van der Waals surface area contributed by atoms with Crippen LogP contribution in [0.1, 0.15) is 6.42 Å². The molecule has 0 unspecified atom stereocenters. The van der Waals surface area contributed by atoms with Gasteiger partial charge in [0.05, 0.1) is 12.0 Å². The molecule has 4 aromatic rings. The molecule has 0 atom stereocenters. The van der Waals surface area contributed by atoms with E-state index < -0.39 is 5.82 Å². The van der Waals surface area contributed by atoms with Crippen molar-refractivity contribution in [2.45, 2.75) is 13.0 Å². The Kier molecular flexibility index (Phi) is 6.39. The molecule has 2 aromatic heterocycles. The van der Waals surface area contributed by atoms with Crippen molar-refractivity contribution in [3.63, 3.8) is 0 Å². The molecule has 4 rings (SSSR count). The highest BCUT2D eigenvalue weighted by Crippen LogP contribution is 2.38. The third-order valence-electron chi connectivity index (χ3n) is 4.77. The maximum atomic E-state index is 13.9. The van der Waals surface area contributed by atoms with E-state index in [0.29, 0.717) is 39.2 Å². The van der Waals surface area contributed by atoms with E-state index in [-0.39, 0.29) is 11.3 Å². The zero-order valence-corrected chi connectivity index (χ0v) is 17.9. The summed E-state index contributed by atoms with van der Waals surface area (Å²) >= 11 is 12.8. The summed E-state index contributed by atoms with van der Waals surface area (Å²) in [5.41, 5.74) is 2.04. The Morgan fingerprint density at radius 1 is 1.06 bits per heavy atom. The van der Waals surface area contributed by atoms with E-state index in [9.17, 15) is 9.50 Å². The lowest BCUT2D eigenvalue weighted by Gasteiger charge is -2.14. The highest BCUT2D eigenvalue weighted by atomic mass is 35.5. The monoisotopic (exact) mass is 456 g/mol. The number of phenolic OH excluding ortho intramolecular Hbond substituents is 1. The van der Waals surface area contributed by atoms with Crippen molar-refractivity contribution in [3.8, 4) is 28.1 Å².